The van der Waals surface area contributed by atoms with Gasteiger partial charge in [-0.25, -0.2) is 8.42 Å². The number of likely N-dealkylation sites (tertiary alicyclic amines) is 1. The molecular weight excluding hydrogens is 362 g/mol. The molecule has 3 aliphatic heterocycles. The van der Waals surface area contributed by atoms with E-state index in [0.29, 0.717) is 23.5 Å². The first-order valence-corrected chi connectivity index (χ1v) is 12.7. The highest BCUT2D eigenvalue weighted by atomic mass is 32.2. The van der Waals surface area contributed by atoms with Crippen molar-refractivity contribution in [2.45, 2.75) is 51.4 Å². The third-order valence-corrected chi connectivity index (χ3v) is 8.86. The third kappa shape index (κ3) is 4.97. The summed E-state index contributed by atoms with van der Waals surface area (Å²) in [6.45, 7) is 5.44. The van der Waals surface area contributed by atoms with Gasteiger partial charge in [-0.15, -0.1) is 0 Å². The number of hydrogen-bond acceptors (Lipinski definition) is 4. The Morgan fingerprint density at radius 3 is 2.70 bits per heavy atom. The average Bonchev–Trinajstić information content (AvgIpc) is 3.38. The molecule has 0 amide bonds. The molecule has 6 nitrogen and oxygen atoms in total. The standard InChI is InChI=1S/C20H35N3O3S/c24-27(25)11-6-18(14-27)13-22-19(21-12-17-4-2-1-3-5-17)23-9-7-20(15-23)8-10-26-16-20/h17-18H,1-16H2,(H,21,22). The molecule has 154 valence electrons. The van der Waals surface area contributed by atoms with Gasteiger partial charge in [0, 0.05) is 38.2 Å². The van der Waals surface area contributed by atoms with E-state index < -0.39 is 9.84 Å². The monoisotopic (exact) mass is 397 g/mol. The summed E-state index contributed by atoms with van der Waals surface area (Å²) in [6, 6.07) is 0. The first kappa shape index (κ1) is 19.5. The third-order valence-electron chi connectivity index (χ3n) is 7.02. The van der Waals surface area contributed by atoms with Crippen LogP contribution in [0.15, 0.2) is 4.99 Å². The molecule has 1 N–H and O–H groups in total. The molecule has 0 radical (unpaired) electrons. The van der Waals surface area contributed by atoms with Crippen molar-refractivity contribution in [1.29, 1.82) is 0 Å². The Labute approximate surface area is 164 Å². The van der Waals surface area contributed by atoms with Crippen molar-refractivity contribution in [2.24, 2.45) is 22.2 Å². The summed E-state index contributed by atoms with van der Waals surface area (Å²) >= 11 is 0. The summed E-state index contributed by atoms with van der Waals surface area (Å²) in [7, 11) is -2.83. The van der Waals surface area contributed by atoms with Gasteiger partial charge in [0.15, 0.2) is 15.8 Å². The largest absolute Gasteiger partial charge is 0.381 e. The molecule has 0 aromatic carbocycles. The normalized spacial score (nSPS) is 34.6. The topological polar surface area (TPSA) is 71.0 Å². The molecule has 1 saturated carbocycles. The van der Waals surface area contributed by atoms with Crippen LogP contribution in [0.5, 0.6) is 0 Å². The molecule has 3 heterocycles. The van der Waals surface area contributed by atoms with E-state index in [9.17, 15) is 8.42 Å². The molecule has 4 fully saturated rings. The zero-order valence-electron chi connectivity index (χ0n) is 16.5. The minimum Gasteiger partial charge on any atom is -0.381 e. The Bertz CT molecular complexity index is 637. The molecule has 1 spiro atoms. The lowest BCUT2D eigenvalue weighted by molar-refractivity contribution is 0.156. The lowest BCUT2D eigenvalue weighted by Gasteiger charge is -2.28. The predicted molar refractivity (Wildman–Crippen MR) is 108 cm³/mol. The molecule has 7 heteroatoms. The summed E-state index contributed by atoms with van der Waals surface area (Å²) < 4.78 is 29.2. The van der Waals surface area contributed by atoms with Crippen molar-refractivity contribution in [2.75, 3.05) is 50.9 Å². The van der Waals surface area contributed by atoms with E-state index >= 15 is 0 Å². The van der Waals surface area contributed by atoms with E-state index in [-0.39, 0.29) is 5.92 Å². The predicted octanol–water partition coefficient (Wildman–Crippen LogP) is 2.06. The second kappa shape index (κ2) is 8.27. The maximum absolute atomic E-state index is 11.8. The number of ether oxygens (including phenoxy) is 1. The summed E-state index contributed by atoms with van der Waals surface area (Å²) in [5, 5.41) is 3.67. The van der Waals surface area contributed by atoms with E-state index in [0.717, 1.165) is 57.6 Å². The van der Waals surface area contributed by atoms with Gasteiger partial charge in [-0.3, -0.25) is 4.99 Å². The molecule has 2 unspecified atom stereocenters. The van der Waals surface area contributed by atoms with Gasteiger partial charge >= 0.3 is 0 Å². The first-order valence-electron chi connectivity index (χ1n) is 10.9. The lowest BCUT2D eigenvalue weighted by atomic mass is 9.87. The average molecular weight is 398 g/mol. The fourth-order valence-corrected chi connectivity index (χ4v) is 7.06. The summed E-state index contributed by atoms with van der Waals surface area (Å²) in [4.78, 5) is 7.32. The van der Waals surface area contributed by atoms with Crippen LogP contribution in [0.25, 0.3) is 0 Å². The van der Waals surface area contributed by atoms with Crippen molar-refractivity contribution < 1.29 is 13.2 Å². The van der Waals surface area contributed by atoms with Crippen molar-refractivity contribution in [1.82, 2.24) is 10.2 Å². The SMILES string of the molecule is O=S1(=O)CCC(CN=C(NCC2CCCCC2)N2CCC3(CCOC3)C2)C1. The summed E-state index contributed by atoms with van der Waals surface area (Å²) in [5.74, 6) is 2.59. The highest BCUT2D eigenvalue weighted by molar-refractivity contribution is 7.91. The van der Waals surface area contributed by atoms with Crippen molar-refractivity contribution in [3.63, 3.8) is 0 Å². The molecule has 27 heavy (non-hydrogen) atoms. The number of sulfone groups is 1. The number of nitrogens with one attached hydrogen (secondary N) is 1. The molecule has 0 bridgehead atoms. The Hall–Kier alpha value is -0.820. The van der Waals surface area contributed by atoms with Gasteiger partial charge in [-0.05, 0) is 43.9 Å². The fourth-order valence-electron chi connectivity index (χ4n) is 5.21. The molecule has 4 rings (SSSR count). The minimum atomic E-state index is -2.83. The molecule has 0 aromatic rings. The highest BCUT2D eigenvalue weighted by Crippen LogP contribution is 2.38. The summed E-state index contributed by atoms with van der Waals surface area (Å²) in [6.07, 6.45) is 9.81. The Balaban J connectivity index is 1.39. The van der Waals surface area contributed by atoms with Gasteiger partial charge in [-0.2, -0.15) is 0 Å². The smallest absolute Gasteiger partial charge is 0.193 e. The van der Waals surface area contributed by atoms with Crippen molar-refractivity contribution >= 4 is 15.8 Å². The molecule has 1 aliphatic carbocycles. The molecule has 3 saturated heterocycles. The Morgan fingerprint density at radius 1 is 1.15 bits per heavy atom. The quantitative estimate of drug-likeness (QED) is 0.581. The van der Waals surface area contributed by atoms with Crippen LogP contribution in [0.2, 0.25) is 0 Å². The lowest BCUT2D eigenvalue weighted by Crippen LogP contribution is -2.43. The molecular formula is C20H35N3O3S. The van der Waals surface area contributed by atoms with Crippen LogP contribution >= 0.6 is 0 Å². The number of hydrogen-bond donors (Lipinski definition) is 1. The number of nitrogens with zero attached hydrogens (tertiary/aromatic N) is 2. The maximum Gasteiger partial charge on any atom is 0.193 e. The Kier molecular flexibility index (Phi) is 5.97. The van der Waals surface area contributed by atoms with Gasteiger partial charge in [0.2, 0.25) is 0 Å². The molecule has 0 aromatic heterocycles. The van der Waals surface area contributed by atoms with Gasteiger partial charge in [0.05, 0.1) is 18.1 Å². The van der Waals surface area contributed by atoms with Gasteiger partial charge < -0.3 is 15.0 Å². The van der Waals surface area contributed by atoms with Crippen molar-refractivity contribution in [3.05, 3.63) is 0 Å². The summed E-state index contributed by atoms with van der Waals surface area (Å²) in [5.41, 5.74) is 0.310. The van der Waals surface area contributed by atoms with E-state index in [1.54, 1.807) is 0 Å². The molecule has 2 atom stereocenters. The van der Waals surface area contributed by atoms with Gasteiger partial charge in [0.1, 0.15) is 0 Å². The number of guanidine groups is 1. The number of aliphatic imine (C=N–C) groups is 1. The van der Waals surface area contributed by atoms with Crippen LogP contribution in [-0.4, -0.2) is 70.2 Å². The van der Waals surface area contributed by atoms with Crippen LogP contribution in [0.3, 0.4) is 0 Å². The van der Waals surface area contributed by atoms with Crippen LogP contribution in [0.4, 0.5) is 0 Å². The van der Waals surface area contributed by atoms with Crippen molar-refractivity contribution in [3.8, 4) is 0 Å². The van der Waals surface area contributed by atoms with E-state index in [1.807, 2.05) is 0 Å². The maximum atomic E-state index is 11.8. The van der Waals surface area contributed by atoms with Gasteiger partial charge in [-0.1, -0.05) is 19.3 Å². The van der Waals surface area contributed by atoms with Crippen LogP contribution in [-0.2, 0) is 14.6 Å². The van der Waals surface area contributed by atoms with Gasteiger partial charge in [0.25, 0.3) is 0 Å². The van der Waals surface area contributed by atoms with Crippen LogP contribution in [0, 0.1) is 17.3 Å². The van der Waals surface area contributed by atoms with E-state index in [2.05, 4.69) is 10.2 Å². The highest BCUT2D eigenvalue weighted by Gasteiger charge is 2.42. The minimum absolute atomic E-state index is 0.188. The first-order chi connectivity index (χ1) is 13.0. The van der Waals surface area contributed by atoms with E-state index in [1.165, 1.54) is 38.5 Å². The van der Waals surface area contributed by atoms with E-state index in [4.69, 9.17) is 9.73 Å². The zero-order chi connectivity index (χ0) is 18.7. The second-order valence-electron chi connectivity index (χ2n) is 9.29. The van der Waals surface area contributed by atoms with Crippen LogP contribution in [0.1, 0.15) is 51.4 Å². The molecule has 4 aliphatic rings. The zero-order valence-corrected chi connectivity index (χ0v) is 17.3. The Morgan fingerprint density at radius 2 is 2.00 bits per heavy atom. The second-order valence-corrected chi connectivity index (χ2v) is 11.5. The van der Waals surface area contributed by atoms with Crippen LogP contribution < -0.4 is 5.32 Å². The number of rotatable bonds is 4. The fraction of sp³-hybridized carbons (Fsp3) is 0.950.